The molecule has 118 valence electrons. The van der Waals surface area contributed by atoms with Crippen molar-refractivity contribution in [1.82, 2.24) is 0 Å². The van der Waals surface area contributed by atoms with E-state index < -0.39 is 0 Å². The number of rotatable bonds is 11. The molecule has 0 saturated heterocycles. The highest BCUT2D eigenvalue weighted by Crippen LogP contribution is 2.23. The maximum absolute atomic E-state index is 11.6. The first kappa shape index (κ1) is 17.5. The van der Waals surface area contributed by atoms with Gasteiger partial charge in [0.05, 0.1) is 12.3 Å². The van der Waals surface area contributed by atoms with Gasteiger partial charge in [-0.05, 0) is 24.6 Å². The van der Waals surface area contributed by atoms with Crippen LogP contribution in [0.5, 0.6) is 5.75 Å². The number of carbonyl (C=O) groups excluding carboxylic acids is 1. The minimum Gasteiger partial charge on any atom is -0.491 e. The van der Waals surface area contributed by atoms with Gasteiger partial charge in [-0.15, -0.1) is 0 Å². The summed E-state index contributed by atoms with van der Waals surface area (Å²) in [5.41, 5.74) is 7.15. The quantitative estimate of drug-likeness (QED) is 0.355. The second-order valence-corrected chi connectivity index (χ2v) is 5.50. The lowest BCUT2D eigenvalue weighted by molar-refractivity contribution is 0.0988. The lowest BCUT2D eigenvalue weighted by atomic mass is 10.1. The van der Waals surface area contributed by atoms with Gasteiger partial charge in [-0.25, -0.2) is 0 Å². The SMILES string of the molecule is CCCCCCCCCOc1ccc(C(=O)CC)cc1N. The molecule has 1 rings (SSSR count). The fourth-order valence-electron chi connectivity index (χ4n) is 2.30. The Bertz CT molecular complexity index is 429. The summed E-state index contributed by atoms with van der Waals surface area (Å²) in [6.07, 6.45) is 9.34. The third-order valence-electron chi connectivity index (χ3n) is 3.66. The molecule has 1 aromatic rings. The van der Waals surface area contributed by atoms with Crippen LogP contribution in [0.4, 0.5) is 5.69 Å². The summed E-state index contributed by atoms with van der Waals surface area (Å²) < 4.78 is 5.70. The first-order valence-corrected chi connectivity index (χ1v) is 8.24. The van der Waals surface area contributed by atoms with Crippen molar-refractivity contribution < 1.29 is 9.53 Å². The van der Waals surface area contributed by atoms with Crippen molar-refractivity contribution in [3.63, 3.8) is 0 Å². The molecule has 0 aliphatic carbocycles. The van der Waals surface area contributed by atoms with Crippen molar-refractivity contribution >= 4 is 11.5 Å². The summed E-state index contributed by atoms with van der Waals surface area (Å²) in [4.78, 5) is 11.6. The van der Waals surface area contributed by atoms with Crippen LogP contribution in [0.1, 0.15) is 75.6 Å². The predicted molar refractivity (Wildman–Crippen MR) is 89.0 cm³/mol. The fraction of sp³-hybridized carbons (Fsp3) is 0.611. The number of hydrogen-bond acceptors (Lipinski definition) is 3. The van der Waals surface area contributed by atoms with Gasteiger partial charge in [-0.3, -0.25) is 4.79 Å². The molecule has 3 nitrogen and oxygen atoms in total. The van der Waals surface area contributed by atoms with E-state index in [2.05, 4.69) is 6.92 Å². The standard InChI is InChI=1S/C18H29NO2/c1-3-5-6-7-8-9-10-13-21-18-12-11-15(14-16(18)19)17(20)4-2/h11-12,14H,3-10,13,19H2,1-2H3. The zero-order valence-corrected chi connectivity index (χ0v) is 13.5. The number of nitrogens with two attached hydrogens (primary N) is 1. The van der Waals surface area contributed by atoms with Crippen LogP contribution < -0.4 is 10.5 Å². The number of benzene rings is 1. The molecule has 0 heterocycles. The second-order valence-electron chi connectivity index (χ2n) is 5.50. The van der Waals surface area contributed by atoms with Crippen LogP contribution in [-0.2, 0) is 0 Å². The number of carbonyl (C=O) groups is 1. The zero-order valence-electron chi connectivity index (χ0n) is 13.5. The van der Waals surface area contributed by atoms with E-state index in [1.54, 1.807) is 18.2 Å². The van der Waals surface area contributed by atoms with Crippen molar-refractivity contribution in [2.24, 2.45) is 0 Å². The van der Waals surface area contributed by atoms with Crippen LogP contribution in [0.25, 0.3) is 0 Å². The molecule has 1 aromatic carbocycles. The molecule has 0 aliphatic heterocycles. The highest BCUT2D eigenvalue weighted by atomic mass is 16.5. The fourth-order valence-corrected chi connectivity index (χ4v) is 2.30. The second kappa shape index (κ2) is 10.3. The van der Waals surface area contributed by atoms with Gasteiger partial charge in [0.15, 0.2) is 5.78 Å². The highest BCUT2D eigenvalue weighted by molar-refractivity contribution is 5.97. The molecular weight excluding hydrogens is 262 g/mol. The maximum atomic E-state index is 11.6. The summed E-state index contributed by atoms with van der Waals surface area (Å²) in [7, 11) is 0. The number of hydrogen-bond donors (Lipinski definition) is 1. The number of unbranched alkanes of at least 4 members (excludes halogenated alkanes) is 6. The Kier molecular flexibility index (Phi) is 8.56. The molecule has 0 aromatic heterocycles. The predicted octanol–water partition coefficient (Wildman–Crippen LogP) is 4.99. The smallest absolute Gasteiger partial charge is 0.162 e. The molecule has 0 radical (unpaired) electrons. The zero-order chi connectivity index (χ0) is 15.5. The highest BCUT2D eigenvalue weighted by Gasteiger charge is 2.07. The molecule has 2 N–H and O–H groups in total. The topological polar surface area (TPSA) is 52.3 Å². The molecule has 0 atom stereocenters. The molecule has 0 fully saturated rings. The van der Waals surface area contributed by atoms with E-state index in [-0.39, 0.29) is 5.78 Å². The van der Waals surface area contributed by atoms with E-state index in [9.17, 15) is 4.79 Å². The van der Waals surface area contributed by atoms with Crippen LogP contribution >= 0.6 is 0 Å². The van der Waals surface area contributed by atoms with Gasteiger partial charge in [0.2, 0.25) is 0 Å². The van der Waals surface area contributed by atoms with Crippen LogP contribution in [0.2, 0.25) is 0 Å². The molecular formula is C18H29NO2. The molecule has 0 aliphatic rings. The van der Waals surface area contributed by atoms with E-state index in [1.165, 1.54) is 38.5 Å². The molecule has 3 heteroatoms. The first-order valence-electron chi connectivity index (χ1n) is 8.24. The number of anilines is 1. The van der Waals surface area contributed by atoms with Crippen molar-refractivity contribution in [3.8, 4) is 5.75 Å². The lowest BCUT2D eigenvalue weighted by Crippen LogP contribution is -2.03. The van der Waals surface area contributed by atoms with Gasteiger partial charge in [0.25, 0.3) is 0 Å². The Labute approximate surface area is 128 Å². The van der Waals surface area contributed by atoms with Gasteiger partial charge < -0.3 is 10.5 Å². The third-order valence-corrected chi connectivity index (χ3v) is 3.66. The van der Waals surface area contributed by atoms with Crippen molar-refractivity contribution in [1.29, 1.82) is 0 Å². The number of ether oxygens (including phenoxy) is 1. The summed E-state index contributed by atoms with van der Waals surface area (Å²) in [5, 5.41) is 0. The number of Topliss-reactive ketones (excluding diaryl/α,β-unsaturated/α-hetero) is 1. The Morgan fingerprint density at radius 3 is 2.33 bits per heavy atom. The largest absolute Gasteiger partial charge is 0.491 e. The van der Waals surface area contributed by atoms with Crippen molar-refractivity contribution in [2.75, 3.05) is 12.3 Å². The number of nitrogen functional groups attached to an aromatic ring is 1. The van der Waals surface area contributed by atoms with Gasteiger partial charge >= 0.3 is 0 Å². The van der Waals surface area contributed by atoms with Gasteiger partial charge in [-0.2, -0.15) is 0 Å². The summed E-state index contributed by atoms with van der Waals surface area (Å²) in [6.45, 7) is 4.78. The molecule has 0 unspecified atom stereocenters. The van der Waals surface area contributed by atoms with Crippen LogP contribution in [0, 0.1) is 0 Å². The molecule has 21 heavy (non-hydrogen) atoms. The van der Waals surface area contributed by atoms with Crippen molar-refractivity contribution in [2.45, 2.75) is 65.2 Å². The molecule has 0 spiro atoms. The minimum atomic E-state index is 0.111. The normalized spacial score (nSPS) is 10.6. The van der Waals surface area contributed by atoms with E-state index in [0.717, 1.165) is 6.42 Å². The average molecular weight is 291 g/mol. The molecule has 0 bridgehead atoms. The Morgan fingerprint density at radius 1 is 1.05 bits per heavy atom. The summed E-state index contributed by atoms with van der Waals surface area (Å²) in [6, 6.07) is 5.31. The van der Waals surface area contributed by atoms with E-state index in [4.69, 9.17) is 10.5 Å². The third kappa shape index (κ3) is 6.65. The van der Waals surface area contributed by atoms with Gasteiger partial charge in [0.1, 0.15) is 5.75 Å². The van der Waals surface area contributed by atoms with Gasteiger partial charge in [-0.1, -0.05) is 52.4 Å². The summed E-state index contributed by atoms with van der Waals surface area (Å²) in [5.74, 6) is 0.800. The monoisotopic (exact) mass is 291 g/mol. The first-order chi connectivity index (χ1) is 10.2. The van der Waals surface area contributed by atoms with E-state index in [1.807, 2.05) is 6.92 Å². The van der Waals surface area contributed by atoms with Crippen LogP contribution in [-0.4, -0.2) is 12.4 Å². The van der Waals surface area contributed by atoms with Gasteiger partial charge in [0, 0.05) is 12.0 Å². The average Bonchev–Trinajstić information content (AvgIpc) is 2.50. The Morgan fingerprint density at radius 2 is 1.71 bits per heavy atom. The minimum absolute atomic E-state index is 0.111. The molecule has 0 saturated carbocycles. The Hall–Kier alpha value is -1.51. The van der Waals surface area contributed by atoms with E-state index >= 15 is 0 Å². The number of ketones is 1. The van der Waals surface area contributed by atoms with Crippen molar-refractivity contribution in [3.05, 3.63) is 23.8 Å². The Balaban J connectivity index is 2.25. The van der Waals surface area contributed by atoms with Crippen LogP contribution in [0.3, 0.4) is 0 Å². The van der Waals surface area contributed by atoms with Crippen LogP contribution in [0.15, 0.2) is 18.2 Å². The summed E-state index contributed by atoms with van der Waals surface area (Å²) >= 11 is 0. The lowest BCUT2D eigenvalue weighted by Gasteiger charge is -2.10. The van der Waals surface area contributed by atoms with E-state index in [0.29, 0.717) is 30.0 Å². The maximum Gasteiger partial charge on any atom is 0.162 e. The molecule has 0 amide bonds.